The van der Waals surface area contributed by atoms with Gasteiger partial charge in [0, 0.05) is 29.2 Å². The van der Waals surface area contributed by atoms with E-state index in [1.165, 1.54) is 24.3 Å². The highest BCUT2D eigenvalue weighted by atomic mass is 16.6. The van der Waals surface area contributed by atoms with Gasteiger partial charge < -0.3 is 9.15 Å². The highest BCUT2D eigenvalue weighted by molar-refractivity contribution is 6.07. The van der Waals surface area contributed by atoms with Crippen molar-refractivity contribution in [2.45, 2.75) is 6.61 Å². The third-order valence-corrected chi connectivity index (χ3v) is 4.62. The van der Waals surface area contributed by atoms with Gasteiger partial charge in [0.25, 0.3) is 5.69 Å². The number of para-hydroxylation sites is 1. The monoisotopic (exact) mass is 401 g/mol. The number of esters is 1. The van der Waals surface area contributed by atoms with Crippen molar-refractivity contribution in [2.24, 2.45) is 0 Å². The smallest absolute Gasteiger partial charge is 0.336 e. The summed E-state index contributed by atoms with van der Waals surface area (Å²) in [5.74, 6) is -0.685. The fraction of sp³-hybridized carbons (Fsp3) is 0.0435. The summed E-state index contributed by atoms with van der Waals surface area (Å²) >= 11 is 0. The Morgan fingerprint density at radius 1 is 1.07 bits per heavy atom. The molecule has 0 amide bonds. The Bertz CT molecular complexity index is 1370. The summed E-state index contributed by atoms with van der Waals surface area (Å²) < 4.78 is 10.6. The molecule has 4 rings (SSSR count). The normalized spacial score (nSPS) is 11.2. The van der Waals surface area contributed by atoms with Crippen molar-refractivity contribution in [3.63, 3.8) is 0 Å². The number of nitro groups is 1. The van der Waals surface area contributed by atoms with Gasteiger partial charge in [-0.25, -0.2) is 9.59 Å². The predicted octanol–water partition coefficient (Wildman–Crippen LogP) is 4.61. The summed E-state index contributed by atoms with van der Waals surface area (Å²) in [6.07, 6.45) is 2.45. The number of rotatable bonds is 5. The van der Waals surface area contributed by atoms with E-state index in [-0.39, 0.29) is 17.9 Å². The maximum Gasteiger partial charge on any atom is 0.336 e. The largest absolute Gasteiger partial charge is 0.458 e. The van der Waals surface area contributed by atoms with Gasteiger partial charge in [-0.1, -0.05) is 42.5 Å². The Morgan fingerprint density at radius 3 is 2.67 bits per heavy atom. The number of hydrogen-bond donors (Lipinski definition) is 0. The van der Waals surface area contributed by atoms with Gasteiger partial charge in [-0.2, -0.15) is 0 Å². The Balaban J connectivity index is 1.61. The molecule has 1 aromatic heterocycles. The molecule has 0 radical (unpaired) electrons. The molecular weight excluding hydrogens is 386 g/mol. The molecule has 3 aromatic carbocycles. The molecule has 7 nitrogen and oxygen atoms in total. The Morgan fingerprint density at radius 2 is 1.83 bits per heavy atom. The number of carbonyl (C=O) groups excluding carboxylic acids is 1. The van der Waals surface area contributed by atoms with Gasteiger partial charge in [0.15, 0.2) is 0 Å². The maximum absolute atomic E-state index is 12.2. The van der Waals surface area contributed by atoms with Crippen molar-refractivity contribution in [2.75, 3.05) is 0 Å². The van der Waals surface area contributed by atoms with Crippen LogP contribution in [0.1, 0.15) is 11.1 Å². The van der Waals surface area contributed by atoms with E-state index in [9.17, 15) is 19.7 Å². The first kappa shape index (κ1) is 19.1. The molecular formula is C23H15NO6. The molecule has 0 aliphatic carbocycles. The number of benzene rings is 3. The molecule has 0 saturated heterocycles. The average molecular weight is 401 g/mol. The minimum atomic E-state index is -0.685. The van der Waals surface area contributed by atoms with Crippen LogP contribution in [0.15, 0.2) is 82.0 Å². The van der Waals surface area contributed by atoms with E-state index in [1.54, 1.807) is 18.2 Å². The Labute approximate surface area is 170 Å². The molecule has 148 valence electrons. The zero-order chi connectivity index (χ0) is 21.1. The van der Waals surface area contributed by atoms with Crippen molar-refractivity contribution in [1.29, 1.82) is 0 Å². The minimum absolute atomic E-state index is 0.111. The van der Waals surface area contributed by atoms with Crippen LogP contribution in [-0.2, 0) is 16.1 Å². The van der Waals surface area contributed by atoms with Crippen LogP contribution in [0, 0.1) is 10.1 Å². The van der Waals surface area contributed by atoms with Crippen LogP contribution >= 0.6 is 0 Å². The van der Waals surface area contributed by atoms with Crippen LogP contribution in [0.3, 0.4) is 0 Å². The van der Waals surface area contributed by atoms with Crippen molar-refractivity contribution in [3.8, 4) is 0 Å². The highest BCUT2D eigenvalue weighted by Gasteiger charge is 2.12. The van der Waals surface area contributed by atoms with Gasteiger partial charge in [-0.05, 0) is 29.0 Å². The van der Waals surface area contributed by atoms with E-state index in [2.05, 4.69) is 0 Å². The van der Waals surface area contributed by atoms with Crippen molar-refractivity contribution in [3.05, 3.63) is 104 Å². The molecule has 0 saturated carbocycles. The van der Waals surface area contributed by atoms with Crippen LogP contribution in [-0.4, -0.2) is 10.9 Å². The molecule has 0 aliphatic rings. The van der Waals surface area contributed by atoms with Gasteiger partial charge in [0.2, 0.25) is 0 Å². The van der Waals surface area contributed by atoms with Gasteiger partial charge in [0.05, 0.1) is 10.5 Å². The Kier molecular flexibility index (Phi) is 5.09. The third kappa shape index (κ3) is 3.81. The zero-order valence-electron chi connectivity index (χ0n) is 15.6. The molecule has 0 aliphatic heterocycles. The first-order valence-electron chi connectivity index (χ1n) is 9.06. The first-order chi connectivity index (χ1) is 14.5. The number of nitro benzene ring substituents is 1. The standard InChI is InChI=1S/C23H15NO6/c25-21(12-10-16-6-2-4-8-19(16)24(27)28)29-14-17-13-22(26)30-20-11-9-15-5-1-3-7-18(15)23(17)20/h1-13H,14H2. The summed E-state index contributed by atoms with van der Waals surface area (Å²) in [5, 5.41) is 13.6. The van der Waals surface area contributed by atoms with E-state index < -0.39 is 16.5 Å². The molecule has 30 heavy (non-hydrogen) atoms. The lowest BCUT2D eigenvalue weighted by Crippen LogP contribution is -2.06. The summed E-state index contributed by atoms with van der Waals surface area (Å²) in [7, 11) is 0. The lowest BCUT2D eigenvalue weighted by molar-refractivity contribution is -0.385. The maximum atomic E-state index is 12.2. The lowest BCUT2D eigenvalue weighted by Gasteiger charge is -2.08. The molecule has 0 spiro atoms. The number of fused-ring (bicyclic) bond motifs is 3. The minimum Gasteiger partial charge on any atom is -0.458 e. The summed E-state index contributed by atoms with van der Waals surface area (Å²) in [6.45, 7) is -0.143. The third-order valence-electron chi connectivity index (χ3n) is 4.62. The zero-order valence-corrected chi connectivity index (χ0v) is 15.6. The van der Waals surface area contributed by atoms with E-state index in [0.717, 1.165) is 16.8 Å². The Hall–Kier alpha value is -4.26. The molecule has 0 unspecified atom stereocenters. The lowest BCUT2D eigenvalue weighted by atomic mass is 10.0. The van der Waals surface area contributed by atoms with Crippen molar-refractivity contribution < 1.29 is 18.9 Å². The van der Waals surface area contributed by atoms with E-state index in [1.807, 2.05) is 30.3 Å². The van der Waals surface area contributed by atoms with Gasteiger partial charge in [0.1, 0.15) is 12.2 Å². The van der Waals surface area contributed by atoms with E-state index in [0.29, 0.717) is 16.5 Å². The van der Waals surface area contributed by atoms with Gasteiger partial charge in [-0.3, -0.25) is 10.1 Å². The number of nitrogens with zero attached hydrogens (tertiary/aromatic N) is 1. The van der Waals surface area contributed by atoms with Crippen LogP contribution in [0.4, 0.5) is 5.69 Å². The fourth-order valence-electron chi connectivity index (χ4n) is 3.28. The fourth-order valence-corrected chi connectivity index (χ4v) is 3.28. The summed E-state index contributed by atoms with van der Waals surface area (Å²) in [4.78, 5) is 34.6. The number of ether oxygens (including phenoxy) is 1. The van der Waals surface area contributed by atoms with E-state index in [4.69, 9.17) is 9.15 Å². The van der Waals surface area contributed by atoms with E-state index >= 15 is 0 Å². The second kappa shape index (κ2) is 8.00. The summed E-state index contributed by atoms with van der Waals surface area (Å²) in [6, 6.07) is 18.5. The quantitative estimate of drug-likeness (QED) is 0.121. The van der Waals surface area contributed by atoms with Crippen LogP contribution in [0.5, 0.6) is 0 Å². The molecule has 7 heteroatoms. The number of carbonyl (C=O) groups is 1. The van der Waals surface area contributed by atoms with Crippen LogP contribution < -0.4 is 5.63 Å². The van der Waals surface area contributed by atoms with Crippen LogP contribution in [0.2, 0.25) is 0 Å². The highest BCUT2D eigenvalue weighted by Crippen LogP contribution is 2.27. The van der Waals surface area contributed by atoms with Crippen molar-refractivity contribution >= 4 is 39.5 Å². The topological polar surface area (TPSA) is 99.6 Å². The number of hydrogen-bond acceptors (Lipinski definition) is 6. The second-order valence-electron chi connectivity index (χ2n) is 6.51. The SMILES string of the molecule is O=C(C=Cc1ccccc1[N+](=O)[O-])OCc1cc(=O)oc2ccc3ccccc3c12. The molecule has 0 bridgehead atoms. The summed E-state index contributed by atoms with van der Waals surface area (Å²) in [5.41, 5.74) is 0.559. The van der Waals surface area contributed by atoms with Gasteiger partial charge >= 0.3 is 11.6 Å². The van der Waals surface area contributed by atoms with Gasteiger partial charge in [-0.15, -0.1) is 0 Å². The molecule has 0 N–H and O–H groups in total. The predicted molar refractivity (Wildman–Crippen MR) is 112 cm³/mol. The molecule has 0 fully saturated rings. The molecule has 4 aromatic rings. The molecule has 0 atom stereocenters. The second-order valence-corrected chi connectivity index (χ2v) is 6.51. The van der Waals surface area contributed by atoms with Crippen LogP contribution in [0.25, 0.3) is 27.8 Å². The van der Waals surface area contributed by atoms with Crippen molar-refractivity contribution in [1.82, 2.24) is 0 Å². The average Bonchev–Trinajstić information content (AvgIpc) is 2.75. The molecule has 1 heterocycles. The first-order valence-corrected chi connectivity index (χ1v) is 9.06.